The lowest BCUT2D eigenvalue weighted by Gasteiger charge is -2.12. The van der Waals surface area contributed by atoms with Gasteiger partial charge in [-0.15, -0.1) is 0 Å². The summed E-state index contributed by atoms with van der Waals surface area (Å²) >= 11 is 19.0. The summed E-state index contributed by atoms with van der Waals surface area (Å²) in [4.78, 5) is 12.3. The minimum atomic E-state index is -0.433. The fourth-order valence-electron chi connectivity index (χ4n) is 2.89. The number of rotatable bonds is 6. The molecule has 32 heavy (non-hydrogen) atoms. The summed E-state index contributed by atoms with van der Waals surface area (Å²) in [6, 6.07) is 18.1. The number of benzene rings is 3. The Kier molecular flexibility index (Phi) is 7.20. The second-order valence-electron chi connectivity index (χ2n) is 6.70. The topological polar surface area (TPSA) is 63.8 Å². The number of amides is 1. The number of nitrogens with zero attached hydrogens (tertiary/aromatic N) is 1. The van der Waals surface area contributed by atoms with Crippen molar-refractivity contribution in [2.75, 3.05) is 0 Å². The molecule has 0 fully saturated rings. The van der Waals surface area contributed by atoms with Gasteiger partial charge in [-0.05, 0) is 79.4 Å². The van der Waals surface area contributed by atoms with Gasteiger partial charge in [0.2, 0.25) is 0 Å². The van der Waals surface area contributed by atoms with Gasteiger partial charge in [0.25, 0.3) is 0 Å². The highest BCUT2D eigenvalue weighted by Crippen LogP contribution is 2.35. The number of halogens is 4. The average molecular weight is 597 g/mol. The standard InChI is InChI=1S/C23H14Br2Cl2N2O3/c24-16-7-14(8-17(25)22(16)31-12-13-5-6-18(26)19(27)9-13)11-28-29-23(30)21-10-15-3-1-2-4-20(15)32-21/h1-11H,12H2,(H,29,30)/b28-11+. The van der Waals surface area contributed by atoms with Crippen molar-refractivity contribution in [3.05, 3.63) is 96.5 Å². The quantitative estimate of drug-likeness (QED) is 0.184. The number of para-hydroxylation sites is 1. The molecular weight excluding hydrogens is 583 g/mol. The van der Waals surface area contributed by atoms with Gasteiger partial charge in [0.15, 0.2) is 5.76 Å². The second kappa shape index (κ2) is 10.1. The van der Waals surface area contributed by atoms with E-state index in [9.17, 15) is 4.79 Å². The van der Waals surface area contributed by atoms with E-state index in [-0.39, 0.29) is 5.76 Å². The molecule has 0 aliphatic rings. The van der Waals surface area contributed by atoms with E-state index in [4.69, 9.17) is 32.4 Å². The SMILES string of the molecule is O=C(N/N=C/c1cc(Br)c(OCc2ccc(Cl)c(Cl)c2)c(Br)c1)c1cc2ccccc2o1. The van der Waals surface area contributed by atoms with Gasteiger partial charge in [0.1, 0.15) is 17.9 Å². The van der Waals surface area contributed by atoms with Crippen molar-refractivity contribution in [3.63, 3.8) is 0 Å². The number of carbonyl (C=O) groups is 1. The summed E-state index contributed by atoms with van der Waals surface area (Å²) < 4.78 is 12.9. The van der Waals surface area contributed by atoms with Crippen LogP contribution in [-0.2, 0) is 6.61 Å². The highest BCUT2D eigenvalue weighted by Gasteiger charge is 2.12. The zero-order chi connectivity index (χ0) is 22.7. The summed E-state index contributed by atoms with van der Waals surface area (Å²) in [5.41, 5.74) is 4.75. The zero-order valence-corrected chi connectivity index (χ0v) is 20.9. The van der Waals surface area contributed by atoms with Crippen molar-refractivity contribution in [3.8, 4) is 5.75 Å². The molecule has 4 aromatic rings. The third-order valence-corrected chi connectivity index (χ3v) is 6.33. The van der Waals surface area contributed by atoms with Crippen LogP contribution < -0.4 is 10.2 Å². The van der Waals surface area contributed by atoms with E-state index in [2.05, 4.69) is 42.4 Å². The van der Waals surface area contributed by atoms with Crippen LogP contribution in [0.3, 0.4) is 0 Å². The number of hydrogen-bond acceptors (Lipinski definition) is 4. The van der Waals surface area contributed by atoms with Crippen molar-refractivity contribution < 1.29 is 13.9 Å². The van der Waals surface area contributed by atoms with Gasteiger partial charge in [-0.3, -0.25) is 4.79 Å². The van der Waals surface area contributed by atoms with Gasteiger partial charge < -0.3 is 9.15 Å². The maximum absolute atomic E-state index is 12.3. The molecular formula is C23H14Br2Cl2N2O3. The minimum Gasteiger partial charge on any atom is -0.487 e. The Morgan fingerprint density at radius 3 is 2.50 bits per heavy atom. The molecule has 1 N–H and O–H groups in total. The number of fused-ring (bicyclic) bond motifs is 1. The van der Waals surface area contributed by atoms with Crippen LogP contribution in [0.2, 0.25) is 10.0 Å². The summed E-state index contributed by atoms with van der Waals surface area (Å²) in [5, 5.41) is 5.84. The Morgan fingerprint density at radius 1 is 1.03 bits per heavy atom. The van der Waals surface area contributed by atoms with Crippen LogP contribution in [0.15, 0.2) is 79.1 Å². The van der Waals surface area contributed by atoms with E-state index in [1.54, 1.807) is 24.3 Å². The third kappa shape index (κ3) is 5.35. The number of furan rings is 1. The fourth-order valence-corrected chi connectivity index (χ4v) is 4.66. The number of nitrogens with one attached hydrogen (secondary N) is 1. The zero-order valence-electron chi connectivity index (χ0n) is 16.2. The highest BCUT2D eigenvalue weighted by molar-refractivity contribution is 9.11. The predicted molar refractivity (Wildman–Crippen MR) is 134 cm³/mol. The molecule has 0 aliphatic heterocycles. The van der Waals surface area contributed by atoms with Crippen LogP contribution in [-0.4, -0.2) is 12.1 Å². The van der Waals surface area contributed by atoms with Crippen molar-refractivity contribution in [1.82, 2.24) is 5.43 Å². The van der Waals surface area contributed by atoms with Crippen LogP contribution in [0.5, 0.6) is 5.75 Å². The molecule has 0 saturated carbocycles. The summed E-state index contributed by atoms with van der Waals surface area (Å²) in [5.74, 6) is 0.383. The van der Waals surface area contributed by atoms with Crippen molar-refractivity contribution in [2.24, 2.45) is 5.10 Å². The Hall–Kier alpha value is -2.32. The molecule has 0 bridgehead atoms. The van der Waals surface area contributed by atoms with E-state index in [1.807, 2.05) is 36.4 Å². The summed E-state index contributed by atoms with van der Waals surface area (Å²) in [6.45, 7) is 0.315. The number of carbonyl (C=O) groups excluding carboxylic acids is 1. The lowest BCUT2D eigenvalue weighted by atomic mass is 10.2. The largest absolute Gasteiger partial charge is 0.487 e. The Balaban J connectivity index is 1.41. The Morgan fingerprint density at radius 2 is 1.78 bits per heavy atom. The normalized spacial score (nSPS) is 11.2. The van der Waals surface area contributed by atoms with E-state index in [1.165, 1.54) is 6.21 Å². The number of hydrogen-bond donors (Lipinski definition) is 1. The van der Waals surface area contributed by atoms with Gasteiger partial charge in [0, 0.05) is 5.39 Å². The summed E-state index contributed by atoms with van der Waals surface area (Å²) in [6.07, 6.45) is 1.53. The number of hydrazone groups is 1. The molecule has 162 valence electrons. The van der Waals surface area contributed by atoms with Crippen LogP contribution in [0.1, 0.15) is 21.7 Å². The van der Waals surface area contributed by atoms with E-state index in [0.29, 0.717) is 28.0 Å². The predicted octanol–water partition coefficient (Wildman–Crippen LogP) is 7.61. The maximum atomic E-state index is 12.3. The highest BCUT2D eigenvalue weighted by atomic mass is 79.9. The summed E-state index contributed by atoms with van der Waals surface area (Å²) in [7, 11) is 0. The first kappa shape index (κ1) is 22.9. The molecule has 1 amide bonds. The van der Waals surface area contributed by atoms with Gasteiger partial charge >= 0.3 is 5.91 Å². The lowest BCUT2D eigenvalue weighted by Crippen LogP contribution is -2.16. The second-order valence-corrected chi connectivity index (χ2v) is 9.22. The molecule has 0 aliphatic carbocycles. The van der Waals surface area contributed by atoms with Gasteiger partial charge in [-0.1, -0.05) is 47.5 Å². The molecule has 0 saturated heterocycles. The van der Waals surface area contributed by atoms with Gasteiger partial charge in [-0.2, -0.15) is 5.10 Å². The molecule has 5 nitrogen and oxygen atoms in total. The van der Waals surface area contributed by atoms with Crippen LogP contribution in [0.25, 0.3) is 11.0 Å². The molecule has 0 unspecified atom stereocenters. The molecule has 0 atom stereocenters. The first-order valence-corrected chi connectivity index (χ1v) is 11.6. The van der Waals surface area contributed by atoms with Crippen molar-refractivity contribution in [1.29, 1.82) is 0 Å². The van der Waals surface area contributed by atoms with Crippen molar-refractivity contribution >= 4 is 78.2 Å². The average Bonchev–Trinajstić information content (AvgIpc) is 3.20. The van der Waals surface area contributed by atoms with Crippen LogP contribution in [0.4, 0.5) is 0 Å². The molecule has 4 rings (SSSR count). The minimum absolute atomic E-state index is 0.191. The molecule has 1 aromatic heterocycles. The maximum Gasteiger partial charge on any atom is 0.307 e. The van der Waals surface area contributed by atoms with Gasteiger partial charge in [-0.25, -0.2) is 5.43 Å². The van der Waals surface area contributed by atoms with Crippen molar-refractivity contribution in [2.45, 2.75) is 6.61 Å². The lowest BCUT2D eigenvalue weighted by molar-refractivity contribution is 0.0929. The first-order chi connectivity index (χ1) is 15.4. The molecule has 0 radical (unpaired) electrons. The van der Waals surface area contributed by atoms with E-state index < -0.39 is 5.91 Å². The number of ether oxygens (including phenoxy) is 1. The van der Waals surface area contributed by atoms with Crippen LogP contribution in [0, 0.1) is 0 Å². The Bertz CT molecular complexity index is 1280. The van der Waals surface area contributed by atoms with Gasteiger partial charge in [0.05, 0.1) is 25.2 Å². The van der Waals surface area contributed by atoms with E-state index >= 15 is 0 Å². The molecule has 1 heterocycles. The van der Waals surface area contributed by atoms with Crippen LogP contribution >= 0.6 is 55.1 Å². The monoisotopic (exact) mass is 594 g/mol. The molecule has 9 heteroatoms. The fraction of sp³-hybridized carbons (Fsp3) is 0.0435. The van der Waals surface area contributed by atoms with E-state index in [0.717, 1.165) is 25.5 Å². The first-order valence-electron chi connectivity index (χ1n) is 9.28. The molecule has 0 spiro atoms. The smallest absolute Gasteiger partial charge is 0.307 e. The Labute approximate surface area is 210 Å². The third-order valence-electron chi connectivity index (χ3n) is 4.42. The molecule has 3 aromatic carbocycles.